The molecule has 2 heterocycles. The first-order valence-corrected chi connectivity index (χ1v) is 8.82. The number of hydrogen-bond acceptors (Lipinski definition) is 7. The number of ether oxygens (including phenoxy) is 2. The predicted octanol–water partition coefficient (Wildman–Crippen LogP) is 4.59. The molecule has 0 radical (unpaired) electrons. The van der Waals surface area contributed by atoms with Crippen molar-refractivity contribution in [2.24, 2.45) is 0 Å². The average molecular weight is 399 g/mol. The van der Waals surface area contributed by atoms with Gasteiger partial charge in [0, 0.05) is 10.9 Å². The SMILES string of the molecule is Cc1csc(OCCOc2c(C)cc(-c3noc(C(F)(F)F)n3)cc2C)n1. The van der Waals surface area contributed by atoms with E-state index < -0.39 is 12.1 Å². The molecule has 0 N–H and O–H groups in total. The molecule has 27 heavy (non-hydrogen) atoms. The first kappa shape index (κ1) is 19.2. The van der Waals surface area contributed by atoms with Crippen LogP contribution in [0.15, 0.2) is 22.0 Å². The summed E-state index contributed by atoms with van der Waals surface area (Å²) in [4.78, 5) is 7.60. The quantitative estimate of drug-likeness (QED) is 0.565. The number of halogens is 3. The zero-order valence-corrected chi connectivity index (χ0v) is 15.6. The lowest BCUT2D eigenvalue weighted by Crippen LogP contribution is -2.10. The fraction of sp³-hybridized carbons (Fsp3) is 0.353. The third-order valence-electron chi connectivity index (χ3n) is 3.54. The zero-order chi connectivity index (χ0) is 19.6. The normalized spacial score (nSPS) is 11.6. The minimum atomic E-state index is -4.67. The second-order valence-corrected chi connectivity index (χ2v) is 6.63. The molecule has 0 spiro atoms. The van der Waals surface area contributed by atoms with Crippen LogP contribution in [0.4, 0.5) is 13.2 Å². The Hall–Kier alpha value is -2.62. The maximum absolute atomic E-state index is 12.6. The van der Waals surface area contributed by atoms with E-state index in [0.717, 1.165) is 16.8 Å². The first-order valence-electron chi connectivity index (χ1n) is 7.94. The van der Waals surface area contributed by atoms with Crippen LogP contribution >= 0.6 is 11.3 Å². The summed E-state index contributed by atoms with van der Waals surface area (Å²) in [7, 11) is 0. The molecule has 6 nitrogen and oxygen atoms in total. The zero-order valence-electron chi connectivity index (χ0n) is 14.8. The summed E-state index contributed by atoms with van der Waals surface area (Å²) < 4.78 is 53.3. The van der Waals surface area contributed by atoms with Gasteiger partial charge in [-0.25, -0.2) is 4.98 Å². The van der Waals surface area contributed by atoms with E-state index in [4.69, 9.17) is 9.47 Å². The summed E-state index contributed by atoms with van der Waals surface area (Å²) >= 11 is 1.41. The molecule has 0 fully saturated rings. The lowest BCUT2D eigenvalue weighted by atomic mass is 10.1. The van der Waals surface area contributed by atoms with Gasteiger partial charge in [0.15, 0.2) is 0 Å². The minimum Gasteiger partial charge on any atom is -0.489 e. The number of hydrogen-bond donors (Lipinski definition) is 0. The topological polar surface area (TPSA) is 70.3 Å². The molecule has 0 saturated heterocycles. The third kappa shape index (κ3) is 4.57. The van der Waals surface area contributed by atoms with Crippen molar-refractivity contribution >= 4 is 11.3 Å². The van der Waals surface area contributed by atoms with E-state index in [1.54, 1.807) is 26.0 Å². The number of benzene rings is 1. The second-order valence-electron chi connectivity index (χ2n) is 5.81. The highest BCUT2D eigenvalue weighted by Crippen LogP contribution is 2.32. The Morgan fingerprint density at radius 1 is 1.04 bits per heavy atom. The summed E-state index contributed by atoms with van der Waals surface area (Å²) in [5, 5.41) is 5.88. The van der Waals surface area contributed by atoms with Gasteiger partial charge in [-0.2, -0.15) is 18.2 Å². The van der Waals surface area contributed by atoms with Crippen LogP contribution in [0.1, 0.15) is 22.7 Å². The highest BCUT2D eigenvalue weighted by Gasteiger charge is 2.38. The summed E-state index contributed by atoms with van der Waals surface area (Å²) in [5.41, 5.74) is 2.81. The van der Waals surface area contributed by atoms with E-state index in [0.29, 0.717) is 29.7 Å². The lowest BCUT2D eigenvalue weighted by molar-refractivity contribution is -0.159. The van der Waals surface area contributed by atoms with Crippen LogP contribution in [0.2, 0.25) is 0 Å². The molecule has 0 aliphatic carbocycles. The molecule has 0 amide bonds. The van der Waals surface area contributed by atoms with Crippen molar-refractivity contribution in [1.29, 1.82) is 0 Å². The van der Waals surface area contributed by atoms with Crippen LogP contribution < -0.4 is 9.47 Å². The number of nitrogens with zero attached hydrogens (tertiary/aromatic N) is 3. The van der Waals surface area contributed by atoms with Gasteiger partial charge in [-0.05, 0) is 44.0 Å². The molecule has 2 aromatic heterocycles. The van der Waals surface area contributed by atoms with E-state index in [1.807, 2.05) is 12.3 Å². The first-order chi connectivity index (χ1) is 12.7. The highest BCUT2D eigenvalue weighted by molar-refractivity contribution is 7.11. The lowest BCUT2D eigenvalue weighted by Gasteiger charge is -2.13. The monoisotopic (exact) mass is 399 g/mol. The molecule has 0 atom stereocenters. The van der Waals surface area contributed by atoms with Crippen molar-refractivity contribution < 1.29 is 27.2 Å². The number of aromatic nitrogens is 3. The fourth-order valence-electron chi connectivity index (χ4n) is 2.43. The smallest absolute Gasteiger partial charge is 0.471 e. The molecule has 3 aromatic rings. The minimum absolute atomic E-state index is 0.123. The molecule has 0 aliphatic rings. The third-order valence-corrected chi connectivity index (χ3v) is 4.41. The molecular weight excluding hydrogens is 383 g/mol. The summed E-state index contributed by atoms with van der Waals surface area (Å²) in [6.07, 6.45) is -4.67. The number of alkyl halides is 3. The Balaban J connectivity index is 1.66. The molecule has 0 saturated carbocycles. The molecule has 0 unspecified atom stereocenters. The predicted molar refractivity (Wildman–Crippen MR) is 92.1 cm³/mol. The van der Waals surface area contributed by atoms with Crippen molar-refractivity contribution in [3.05, 3.63) is 40.2 Å². The average Bonchev–Trinajstić information content (AvgIpc) is 3.22. The van der Waals surface area contributed by atoms with Gasteiger partial charge in [-0.15, -0.1) is 0 Å². The van der Waals surface area contributed by atoms with Crippen LogP contribution in [-0.4, -0.2) is 28.3 Å². The Bertz CT molecular complexity index is 914. The molecule has 0 bridgehead atoms. The number of rotatable bonds is 6. The fourth-order valence-corrected chi connectivity index (χ4v) is 3.11. The number of aryl methyl sites for hydroxylation is 3. The largest absolute Gasteiger partial charge is 0.489 e. The highest BCUT2D eigenvalue weighted by atomic mass is 32.1. The Morgan fingerprint density at radius 2 is 1.70 bits per heavy atom. The van der Waals surface area contributed by atoms with Crippen molar-refractivity contribution in [1.82, 2.24) is 15.1 Å². The van der Waals surface area contributed by atoms with Gasteiger partial charge in [-0.3, -0.25) is 0 Å². The van der Waals surface area contributed by atoms with Crippen LogP contribution in [0.25, 0.3) is 11.4 Å². The van der Waals surface area contributed by atoms with Gasteiger partial charge < -0.3 is 14.0 Å². The number of thiazole rings is 1. The van der Waals surface area contributed by atoms with Crippen LogP contribution in [0, 0.1) is 20.8 Å². The Kier molecular flexibility index (Phi) is 5.36. The maximum atomic E-state index is 12.6. The molecule has 0 aliphatic heterocycles. The van der Waals surface area contributed by atoms with Gasteiger partial charge in [0.1, 0.15) is 19.0 Å². The van der Waals surface area contributed by atoms with Crippen molar-refractivity contribution in [3.63, 3.8) is 0 Å². The van der Waals surface area contributed by atoms with Crippen LogP contribution in [0.3, 0.4) is 0 Å². The van der Waals surface area contributed by atoms with Gasteiger partial charge in [0.05, 0.1) is 5.69 Å². The van der Waals surface area contributed by atoms with E-state index in [2.05, 4.69) is 19.6 Å². The van der Waals surface area contributed by atoms with Gasteiger partial charge in [-0.1, -0.05) is 16.5 Å². The van der Waals surface area contributed by atoms with Crippen molar-refractivity contribution in [2.45, 2.75) is 26.9 Å². The molecule has 144 valence electrons. The van der Waals surface area contributed by atoms with Crippen LogP contribution in [0.5, 0.6) is 10.9 Å². The summed E-state index contributed by atoms with van der Waals surface area (Å²) in [5.74, 6) is -0.859. The molecule has 1 aromatic carbocycles. The van der Waals surface area contributed by atoms with Gasteiger partial charge >= 0.3 is 12.1 Å². The van der Waals surface area contributed by atoms with Gasteiger partial charge in [0.2, 0.25) is 5.82 Å². The second kappa shape index (κ2) is 7.55. The summed E-state index contributed by atoms with van der Waals surface area (Å²) in [6, 6.07) is 3.30. The van der Waals surface area contributed by atoms with E-state index in [9.17, 15) is 13.2 Å². The van der Waals surface area contributed by atoms with Gasteiger partial charge in [0.25, 0.3) is 5.19 Å². The Morgan fingerprint density at radius 3 is 2.26 bits per heavy atom. The molecule has 10 heteroatoms. The van der Waals surface area contributed by atoms with Crippen molar-refractivity contribution in [3.8, 4) is 22.3 Å². The van der Waals surface area contributed by atoms with E-state index in [-0.39, 0.29) is 5.82 Å². The van der Waals surface area contributed by atoms with Crippen molar-refractivity contribution in [2.75, 3.05) is 13.2 Å². The Labute approximate surface area is 157 Å². The maximum Gasteiger partial charge on any atom is 0.471 e. The van der Waals surface area contributed by atoms with Crippen LogP contribution in [-0.2, 0) is 6.18 Å². The standard InChI is InChI=1S/C17H16F3N3O3S/c1-9-6-12(14-22-15(26-23-14)17(18,19)20)7-10(2)13(9)24-4-5-25-16-21-11(3)8-27-16/h6-8H,4-5H2,1-3H3. The van der Waals surface area contributed by atoms with E-state index >= 15 is 0 Å². The van der Waals surface area contributed by atoms with E-state index in [1.165, 1.54) is 11.3 Å². The summed E-state index contributed by atoms with van der Waals surface area (Å²) in [6.45, 7) is 6.10. The molecular formula is C17H16F3N3O3S. The molecule has 3 rings (SSSR count).